The van der Waals surface area contributed by atoms with Crippen molar-refractivity contribution in [2.45, 2.75) is 85.0 Å². The van der Waals surface area contributed by atoms with Crippen LogP contribution in [-0.2, 0) is 6.42 Å². The van der Waals surface area contributed by atoms with Crippen LogP contribution < -0.4 is 4.74 Å². The molecule has 0 fully saturated rings. The smallest absolute Gasteiger partial charge is 0.163 e. The predicted octanol–water partition coefficient (Wildman–Crippen LogP) is 6.07. The van der Waals surface area contributed by atoms with Crippen molar-refractivity contribution in [2.75, 3.05) is 6.61 Å². The Kier molecular flexibility index (Phi) is 10.2. The number of ether oxygens (including phenoxy) is 1. The average Bonchev–Trinajstić information content (AvgIpc) is 2.56. The van der Waals surface area contributed by atoms with Crippen molar-refractivity contribution in [3.63, 3.8) is 0 Å². The molecule has 1 aromatic rings. The van der Waals surface area contributed by atoms with Crippen molar-refractivity contribution in [1.29, 1.82) is 0 Å². The molecule has 0 bridgehead atoms. The highest BCUT2D eigenvalue weighted by Crippen LogP contribution is 2.33. The first kappa shape index (κ1) is 20.5. The van der Waals surface area contributed by atoms with E-state index in [0.717, 1.165) is 30.6 Å². The maximum Gasteiger partial charge on any atom is 0.163 e. The van der Waals surface area contributed by atoms with Crippen molar-refractivity contribution >= 4 is 5.78 Å². The number of phenols is 1. The van der Waals surface area contributed by atoms with Gasteiger partial charge in [0.05, 0.1) is 12.2 Å². The third-order valence-corrected chi connectivity index (χ3v) is 4.37. The van der Waals surface area contributed by atoms with Crippen LogP contribution in [-0.4, -0.2) is 17.5 Å². The number of hydrogen-bond donors (Lipinski definition) is 1. The zero-order chi connectivity index (χ0) is 17.8. The minimum Gasteiger partial charge on any atom is -0.507 e. The SMILES string of the molecule is CCCCCCCCCCOc1ccc(C(C)=O)c(O)c1CCC. The number of benzene rings is 1. The van der Waals surface area contributed by atoms with Crippen LogP contribution in [0.4, 0.5) is 0 Å². The van der Waals surface area contributed by atoms with Crippen molar-refractivity contribution in [3.05, 3.63) is 23.3 Å². The first-order chi connectivity index (χ1) is 11.6. The van der Waals surface area contributed by atoms with Gasteiger partial charge in [-0.25, -0.2) is 0 Å². The monoisotopic (exact) mass is 334 g/mol. The molecule has 1 aromatic carbocycles. The number of hydrogen-bond acceptors (Lipinski definition) is 3. The van der Waals surface area contributed by atoms with Crippen LogP contribution in [0.3, 0.4) is 0 Å². The second kappa shape index (κ2) is 11.9. The Morgan fingerprint density at radius 1 is 0.958 bits per heavy atom. The molecular weight excluding hydrogens is 300 g/mol. The maximum absolute atomic E-state index is 11.6. The summed E-state index contributed by atoms with van der Waals surface area (Å²) in [5.74, 6) is 0.708. The van der Waals surface area contributed by atoms with E-state index in [1.54, 1.807) is 6.07 Å². The Morgan fingerprint density at radius 2 is 1.58 bits per heavy atom. The predicted molar refractivity (Wildman–Crippen MR) is 100 cm³/mol. The molecule has 0 radical (unpaired) electrons. The Hall–Kier alpha value is -1.51. The van der Waals surface area contributed by atoms with Gasteiger partial charge in [0.2, 0.25) is 0 Å². The van der Waals surface area contributed by atoms with Gasteiger partial charge >= 0.3 is 0 Å². The summed E-state index contributed by atoms with van der Waals surface area (Å²) in [6.45, 7) is 6.45. The van der Waals surface area contributed by atoms with Gasteiger partial charge in [0.1, 0.15) is 11.5 Å². The molecule has 0 aromatic heterocycles. The van der Waals surface area contributed by atoms with E-state index in [0.29, 0.717) is 12.2 Å². The molecule has 0 saturated heterocycles. The van der Waals surface area contributed by atoms with Gasteiger partial charge in [0, 0.05) is 5.56 Å². The van der Waals surface area contributed by atoms with Crippen LogP contribution in [0, 0.1) is 0 Å². The lowest BCUT2D eigenvalue weighted by Gasteiger charge is -2.14. The number of Topliss-reactive ketones (excluding diaryl/α,β-unsaturated/α-hetero) is 1. The first-order valence-electron chi connectivity index (χ1n) is 9.60. The van der Waals surface area contributed by atoms with Gasteiger partial charge in [0.25, 0.3) is 0 Å². The number of phenolic OH excluding ortho intramolecular Hbond substituents is 1. The number of aromatic hydroxyl groups is 1. The molecular formula is C21H34O3. The van der Waals surface area contributed by atoms with Crippen LogP contribution >= 0.6 is 0 Å². The zero-order valence-corrected chi connectivity index (χ0v) is 15.7. The molecule has 24 heavy (non-hydrogen) atoms. The molecule has 0 aliphatic carbocycles. The highest BCUT2D eigenvalue weighted by molar-refractivity contribution is 5.97. The van der Waals surface area contributed by atoms with Gasteiger partial charge in [-0.3, -0.25) is 4.79 Å². The fourth-order valence-electron chi connectivity index (χ4n) is 2.95. The van der Waals surface area contributed by atoms with Gasteiger partial charge < -0.3 is 9.84 Å². The van der Waals surface area contributed by atoms with Crippen LogP contribution in [0.5, 0.6) is 11.5 Å². The van der Waals surface area contributed by atoms with E-state index < -0.39 is 0 Å². The average molecular weight is 335 g/mol. The number of ketones is 1. The molecule has 1 N–H and O–H groups in total. The molecule has 0 unspecified atom stereocenters. The summed E-state index contributed by atoms with van der Waals surface area (Å²) in [4.78, 5) is 11.6. The fraction of sp³-hybridized carbons (Fsp3) is 0.667. The lowest BCUT2D eigenvalue weighted by molar-refractivity contribution is 0.101. The molecule has 136 valence electrons. The minimum absolute atomic E-state index is 0.0952. The second-order valence-electron chi connectivity index (χ2n) is 6.57. The third kappa shape index (κ3) is 6.94. The van der Waals surface area contributed by atoms with E-state index >= 15 is 0 Å². The summed E-state index contributed by atoms with van der Waals surface area (Å²) < 4.78 is 5.88. The van der Waals surface area contributed by atoms with Crippen LogP contribution in [0.2, 0.25) is 0 Å². The Labute approximate surface area is 147 Å². The molecule has 1 rings (SSSR count). The molecule has 0 spiro atoms. The van der Waals surface area contributed by atoms with Gasteiger partial charge in [-0.1, -0.05) is 65.2 Å². The molecule has 0 saturated carbocycles. The summed E-state index contributed by atoms with van der Waals surface area (Å²) >= 11 is 0. The quantitative estimate of drug-likeness (QED) is 0.352. The van der Waals surface area contributed by atoms with Gasteiger partial charge in [-0.05, 0) is 31.9 Å². The summed E-state index contributed by atoms with van der Waals surface area (Å²) in [5.41, 5.74) is 1.16. The summed E-state index contributed by atoms with van der Waals surface area (Å²) in [5, 5.41) is 10.3. The number of carbonyl (C=O) groups excluding carboxylic acids is 1. The maximum atomic E-state index is 11.6. The van der Waals surface area contributed by atoms with Gasteiger partial charge in [-0.15, -0.1) is 0 Å². The second-order valence-corrected chi connectivity index (χ2v) is 6.57. The van der Waals surface area contributed by atoms with Gasteiger partial charge in [-0.2, -0.15) is 0 Å². The molecule has 3 heteroatoms. The highest BCUT2D eigenvalue weighted by Gasteiger charge is 2.15. The number of unbranched alkanes of at least 4 members (excludes halogenated alkanes) is 7. The van der Waals surface area contributed by atoms with Crippen molar-refractivity contribution < 1.29 is 14.6 Å². The Bertz CT molecular complexity index is 494. The molecule has 0 atom stereocenters. The van der Waals surface area contributed by atoms with Crippen molar-refractivity contribution in [3.8, 4) is 11.5 Å². The summed E-state index contributed by atoms with van der Waals surface area (Å²) in [6, 6.07) is 3.49. The molecule has 0 aliphatic heterocycles. The van der Waals surface area contributed by atoms with Crippen LogP contribution in [0.1, 0.15) is 94.5 Å². The summed E-state index contributed by atoms with van der Waals surface area (Å²) in [6.07, 6.45) is 11.8. The molecule has 0 heterocycles. The molecule has 0 aliphatic rings. The van der Waals surface area contributed by atoms with E-state index in [9.17, 15) is 9.90 Å². The standard InChI is InChI=1S/C21H34O3/c1-4-6-7-8-9-10-11-12-16-24-20-15-14-18(17(3)22)21(23)19(20)13-5-2/h14-15,23H,4-13,16H2,1-3H3. The van der Waals surface area contributed by atoms with Gasteiger partial charge in [0.15, 0.2) is 5.78 Å². The van der Waals surface area contributed by atoms with Crippen LogP contribution in [0.15, 0.2) is 12.1 Å². The summed E-state index contributed by atoms with van der Waals surface area (Å²) in [7, 11) is 0. The minimum atomic E-state index is -0.112. The number of carbonyl (C=O) groups is 1. The zero-order valence-electron chi connectivity index (χ0n) is 15.7. The van der Waals surface area contributed by atoms with Crippen molar-refractivity contribution in [2.24, 2.45) is 0 Å². The van der Waals surface area contributed by atoms with Crippen molar-refractivity contribution in [1.82, 2.24) is 0 Å². The lowest BCUT2D eigenvalue weighted by atomic mass is 10.0. The topological polar surface area (TPSA) is 46.5 Å². The highest BCUT2D eigenvalue weighted by atomic mass is 16.5. The largest absolute Gasteiger partial charge is 0.507 e. The lowest BCUT2D eigenvalue weighted by Crippen LogP contribution is -2.03. The van der Waals surface area contributed by atoms with E-state index in [-0.39, 0.29) is 11.5 Å². The normalized spacial score (nSPS) is 10.8. The van der Waals surface area contributed by atoms with E-state index in [1.807, 2.05) is 6.07 Å². The third-order valence-electron chi connectivity index (χ3n) is 4.37. The molecule has 3 nitrogen and oxygen atoms in total. The molecule has 0 amide bonds. The fourth-order valence-corrected chi connectivity index (χ4v) is 2.95. The number of rotatable bonds is 13. The van der Waals surface area contributed by atoms with E-state index in [4.69, 9.17) is 4.74 Å². The van der Waals surface area contributed by atoms with E-state index in [2.05, 4.69) is 13.8 Å². The first-order valence-corrected chi connectivity index (χ1v) is 9.60. The van der Waals surface area contributed by atoms with Crippen LogP contribution in [0.25, 0.3) is 0 Å². The Morgan fingerprint density at radius 3 is 2.17 bits per heavy atom. The Balaban J connectivity index is 2.42. The van der Waals surface area contributed by atoms with E-state index in [1.165, 1.54) is 51.9 Å².